The standard InChI is InChI=1S/C25H20Cl2N2O2/c1-16-8-10-18(11-9-16)22-23(28(2)15-17-6-4-3-5-7-17)25(31)29(24(22)30)21-13-19(26)12-20(27)14-21/h3-14H,15H2,1-2H3. The van der Waals surface area contributed by atoms with Crippen LogP contribution in [0.2, 0.25) is 10.0 Å². The van der Waals surface area contributed by atoms with Gasteiger partial charge in [0, 0.05) is 23.6 Å². The van der Waals surface area contributed by atoms with Crippen LogP contribution in [-0.2, 0) is 16.1 Å². The molecule has 4 rings (SSSR count). The molecule has 0 atom stereocenters. The third-order valence-corrected chi connectivity index (χ3v) is 5.59. The van der Waals surface area contributed by atoms with Crippen LogP contribution < -0.4 is 4.90 Å². The molecule has 0 aliphatic carbocycles. The number of rotatable bonds is 5. The second-order valence-corrected chi connectivity index (χ2v) is 8.38. The molecule has 3 aromatic carbocycles. The zero-order valence-corrected chi connectivity index (χ0v) is 18.6. The molecular formula is C25H20Cl2N2O2. The smallest absolute Gasteiger partial charge is 0.282 e. The second-order valence-electron chi connectivity index (χ2n) is 7.50. The Balaban J connectivity index is 1.81. The normalized spacial score (nSPS) is 13.9. The Labute approximate surface area is 191 Å². The molecule has 0 saturated heterocycles. The molecule has 0 saturated carbocycles. The number of benzene rings is 3. The minimum atomic E-state index is -0.405. The fourth-order valence-corrected chi connectivity index (χ4v) is 4.21. The number of carbonyl (C=O) groups is 2. The van der Waals surface area contributed by atoms with Crippen LogP contribution in [0.3, 0.4) is 0 Å². The first-order chi connectivity index (χ1) is 14.8. The van der Waals surface area contributed by atoms with Gasteiger partial charge in [0.15, 0.2) is 0 Å². The number of imide groups is 1. The van der Waals surface area contributed by atoms with Gasteiger partial charge >= 0.3 is 0 Å². The monoisotopic (exact) mass is 450 g/mol. The van der Waals surface area contributed by atoms with E-state index in [2.05, 4.69) is 0 Å². The summed E-state index contributed by atoms with van der Waals surface area (Å²) in [7, 11) is 1.82. The van der Waals surface area contributed by atoms with Crippen LogP contribution in [0, 0.1) is 6.92 Å². The molecule has 4 nitrogen and oxygen atoms in total. The number of nitrogens with zero attached hydrogens (tertiary/aromatic N) is 2. The molecule has 2 amide bonds. The number of aryl methyl sites for hydroxylation is 1. The van der Waals surface area contributed by atoms with Gasteiger partial charge in [-0.15, -0.1) is 0 Å². The third-order valence-electron chi connectivity index (χ3n) is 5.15. The highest BCUT2D eigenvalue weighted by molar-refractivity contribution is 6.46. The Hall–Kier alpha value is -3.08. The van der Waals surface area contributed by atoms with Crippen LogP contribution in [-0.4, -0.2) is 23.8 Å². The lowest BCUT2D eigenvalue weighted by Crippen LogP contribution is -2.34. The van der Waals surface area contributed by atoms with Crippen LogP contribution in [0.1, 0.15) is 16.7 Å². The molecule has 156 valence electrons. The fraction of sp³-hybridized carbons (Fsp3) is 0.120. The summed E-state index contributed by atoms with van der Waals surface area (Å²) in [6, 6.07) is 22.1. The van der Waals surface area contributed by atoms with Crippen molar-refractivity contribution in [2.75, 3.05) is 11.9 Å². The predicted molar refractivity (Wildman–Crippen MR) is 125 cm³/mol. The summed E-state index contributed by atoms with van der Waals surface area (Å²) in [6.45, 7) is 2.46. The number of likely N-dealkylation sites (N-methyl/N-ethyl adjacent to an activating group) is 1. The Kier molecular flexibility index (Phi) is 5.86. The minimum absolute atomic E-state index is 0.341. The number of hydrogen-bond acceptors (Lipinski definition) is 3. The molecule has 0 fully saturated rings. The molecule has 0 N–H and O–H groups in total. The summed E-state index contributed by atoms with van der Waals surface area (Å²) in [6.07, 6.45) is 0. The van der Waals surface area contributed by atoms with Crippen molar-refractivity contribution < 1.29 is 9.59 Å². The molecule has 1 aliphatic rings. The zero-order chi connectivity index (χ0) is 22.1. The summed E-state index contributed by atoms with van der Waals surface area (Å²) in [4.78, 5) is 30.0. The van der Waals surface area contributed by atoms with Crippen molar-refractivity contribution in [2.24, 2.45) is 0 Å². The Morgan fingerprint density at radius 2 is 1.45 bits per heavy atom. The van der Waals surface area contributed by atoms with Crippen molar-refractivity contribution in [3.05, 3.63) is 105 Å². The highest BCUT2D eigenvalue weighted by Gasteiger charge is 2.41. The summed E-state index contributed by atoms with van der Waals surface area (Å²) in [5, 5.41) is 0.706. The van der Waals surface area contributed by atoms with Crippen molar-refractivity contribution in [3.63, 3.8) is 0 Å². The molecule has 1 aliphatic heterocycles. The molecule has 31 heavy (non-hydrogen) atoms. The van der Waals surface area contributed by atoms with E-state index in [4.69, 9.17) is 23.2 Å². The Morgan fingerprint density at radius 1 is 0.839 bits per heavy atom. The molecule has 6 heteroatoms. The maximum Gasteiger partial charge on any atom is 0.282 e. The maximum absolute atomic E-state index is 13.5. The highest BCUT2D eigenvalue weighted by Crippen LogP contribution is 2.36. The zero-order valence-electron chi connectivity index (χ0n) is 17.1. The van der Waals surface area contributed by atoms with Crippen molar-refractivity contribution in [3.8, 4) is 0 Å². The molecule has 1 heterocycles. The van der Waals surface area contributed by atoms with E-state index >= 15 is 0 Å². The van der Waals surface area contributed by atoms with Gasteiger partial charge in [0.05, 0.1) is 11.3 Å². The number of anilines is 1. The Bertz CT molecular complexity index is 1170. The number of hydrogen-bond donors (Lipinski definition) is 0. The van der Waals surface area contributed by atoms with E-state index in [0.717, 1.165) is 16.0 Å². The van der Waals surface area contributed by atoms with Gasteiger partial charge in [0.1, 0.15) is 5.70 Å². The first-order valence-electron chi connectivity index (χ1n) is 9.76. The van der Waals surface area contributed by atoms with Gasteiger partial charge in [-0.2, -0.15) is 0 Å². The van der Waals surface area contributed by atoms with Crippen LogP contribution in [0.4, 0.5) is 5.69 Å². The van der Waals surface area contributed by atoms with E-state index in [9.17, 15) is 9.59 Å². The van der Waals surface area contributed by atoms with E-state index in [-0.39, 0.29) is 0 Å². The van der Waals surface area contributed by atoms with Gasteiger partial charge in [-0.05, 0) is 36.2 Å². The summed E-state index contributed by atoms with van der Waals surface area (Å²) in [5.74, 6) is -0.806. The molecule has 3 aromatic rings. The predicted octanol–water partition coefficient (Wildman–Crippen LogP) is 5.72. The van der Waals surface area contributed by atoms with E-state index < -0.39 is 11.8 Å². The molecule has 0 unspecified atom stereocenters. The summed E-state index contributed by atoms with van der Waals surface area (Å²) in [5.41, 5.74) is 3.84. The molecule has 0 aromatic heterocycles. The van der Waals surface area contributed by atoms with Crippen molar-refractivity contribution in [2.45, 2.75) is 13.5 Å². The topological polar surface area (TPSA) is 40.6 Å². The summed E-state index contributed by atoms with van der Waals surface area (Å²) < 4.78 is 0. The Morgan fingerprint density at radius 3 is 2.06 bits per heavy atom. The largest absolute Gasteiger partial charge is 0.365 e. The molecule has 0 bridgehead atoms. The highest BCUT2D eigenvalue weighted by atomic mass is 35.5. The quantitative estimate of drug-likeness (QED) is 0.466. The van der Waals surface area contributed by atoms with Gasteiger partial charge in [-0.25, -0.2) is 4.90 Å². The van der Waals surface area contributed by atoms with E-state index in [0.29, 0.717) is 39.1 Å². The lowest BCUT2D eigenvalue weighted by molar-refractivity contribution is -0.120. The lowest BCUT2D eigenvalue weighted by atomic mass is 10.0. The van der Waals surface area contributed by atoms with Crippen LogP contribution in [0.25, 0.3) is 5.57 Å². The first-order valence-corrected chi connectivity index (χ1v) is 10.5. The van der Waals surface area contributed by atoms with Gasteiger partial charge < -0.3 is 4.90 Å². The van der Waals surface area contributed by atoms with Gasteiger partial charge in [-0.1, -0.05) is 83.4 Å². The number of carbonyl (C=O) groups excluding carboxylic acids is 2. The summed E-state index contributed by atoms with van der Waals surface area (Å²) >= 11 is 12.3. The first kappa shape index (κ1) is 21.2. The van der Waals surface area contributed by atoms with E-state index in [1.165, 1.54) is 0 Å². The van der Waals surface area contributed by atoms with Gasteiger partial charge in [0.2, 0.25) is 0 Å². The van der Waals surface area contributed by atoms with Crippen LogP contribution >= 0.6 is 23.2 Å². The molecule has 0 radical (unpaired) electrons. The van der Waals surface area contributed by atoms with E-state index in [1.807, 2.05) is 73.5 Å². The lowest BCUT2D eigenvalue weighted by Gasteiger charge is -2.22. The number of amides is 2. The molecular weight excluding hydrogens is 431 g/mol. The average Bonchev–Trinajstić information content (AvgIpc) is 2.99. The third kappa shape index (κ3) is 4.22. The van der Waals surface area contributed by atoms with Gasteiger partial charge in [-0.3, -0.25) is 9.59 Å². The minimum Gasteiger partial charge on any atom is -0.365 e. The van der Waals surface area contributed by atoms with Crippen molar-refractivity contribution in [1.82, 2.24) is 4.90 Å². The van der Waals surface area contributed by atoms with Crippen molar-refractivity contribution >= 4 is 46.3 Å². The second kappa shape index (κ2) is 8.58. The van der Waals surface area contributed by atoms with Crippen LogP contribution in [0.5, 0.6) is 0 Å². The maximum atomic E-state index is 13.5. The fourth-order valence-electron chi connectivity index (χ4n) is 3.69. The molecule has 0 spiro atoms. The SMILES string of the molecule is Cc1ccc(C2=C(N(C)Cc3ccccc3)C(=O)N(c3cc(Cl)cc(Cl)c3)C2=O)cc1. The van der Waals surface area contributed by atoms with E-state index in [1.54, 1.807) is 18.2 Å². The van der Waals surface area contributed by atoms with Crippen molar-refractivity contribution in [1.29, 1.82) is 0 Å². The van der Waals surface area contributed by atoms with Gasteiger partial charge in [0.25, 0.3) is 11.8 Å². The average molecular weight is 451 g/mol. The number of halogens is 2. The van der Waals surface area contributed by atoms with Crippen LogP contribution in [0.15, 0.2) is 78.5 Å².